The third-order valence-corrected chi connectivity index (χ3v) is 4.68. The van der Waals surface area contributed by atoms with Gasteiger partial charge in [0.25, 0.3) is 0 Å². The molecular weight excluding hydrogens is 268 g/mol. The van der Waals surface area contributed by atoms with Crippen LogP contribution in [0.5, 0.6) is 0 Å². The fourth-order valence-electron chi connectivity index (χ4n) is 3.27. The number of nitrogens with one attached hydrogen (secondary N) is 1. The maximum atomic E-state index is 6.18. The Hall–Kier alpha value is -0.740. The third kappa shape index (κ3) is 3.12. The second-order valence-corrected chi connectivity index (χ2v) is 6.08. The molecule has 1 aliphatic carbocycles. The zero-order valence-electron chi connectivity index (χ0n) is 12.9. The molecule has 3 nitrogen and oxygen atoms in total. The molecule has 112 valence electrons. The van der Waals surface area contributed by atoms with Crippen LogP contribution in [0.1, 0.15) is 69.5 Å². The second-order valence-electron chi connectivity index (χ2n) is 5.69. The van der Waals surface area contributed by atoms with E-state index in [2.05, 4.69) is 25.8 Å². The summed E-state index contributed by atoms with van der Waals surface area (Å²) in [5, 5.41) is 0. The van der Waals surface area contributed by atoms with Gasteiger partial charge in [0.1, 0.15) is 16.1 Å². The molecule has 0 spiro atoms. The van der Waals surface area contributed by atoms with Gasteiger partial charge in [-0.05, 0) is 33.1 Å². The first-order chi connectivity index (χ1) is 9.63. The van der Waals surface area contributed by atoms with Crippen molar-refractivity contribution in [3.05, 3.63) is 21.7 Å². The Bertz CT molecular complexity index is 502. The second kappa shape index (κ2) is 6.81. The van der Waals surface area contributed by atoms with Crippen molar-refractivity contribution in [2.45, 2.75) is 71.3 Å². The Balaban J connectivity index is 2.46. The molecule has 2 rings (SSSR count). The number of ether oxygens (including phenoxy) is 1. The average molecular weight is 294 g/mol. The van der Waals surface area contributed by atoms with Gasteiger partial charge in [-0.2, -0.15) is 0 Å². The van der Waals surface area contributed by atoms with Crippen LogP contribution in [0.4, 0.5) is 0 Å². The molecule has 1 fully saturated rings. The lowest BCUT2D eigenvalue weighted by Gasteiger charge is -2.32. The number of aromatic nitrogens is 2. The Labute approximate surface area is 127 Å². The topological polar surface area (TPSA) is 37.9 Å². The molecule has 0 aliphatic heterocycles. The smallest absolute Gasteiger partial charge is 0.140 e. The molecule has 1 aliphatic rings. The summed E-state index contributed by atoms with van der Waals surface area (Å²) in [5.74, 6) is 0.945. The highest BCUT2D eigenvalue weighted by atomic mass is 32.1. The summed E-state index contributed by atoms with van der Waals surface area (Å²) in [4.78, 5) is 8.18. The van der Waals surface area contributed by atoms with Crippen molar-refractivity contribution in [1.82, 2.24) is 9.97 Å². The number of H-pyrrole nitrogens is 1. The summed E-state index contributed by atoms with van der Waals surface area (Å²) in [6.07, 6.45) is 8.01. The highest BCUT2D eigenvalue weighted by Crippen LogP contribution is 2.38. The van der Waals surface area contributed by atoms with Crippen molar-refractivity contribution in [1.29, 1.82) is 0 Å². The first kappa shape index (κ1) is 15.6. The summed E-state index contributed by atoms with van der Waals surface area (Å²) in [6.45, 7) is 7.00. The number of aromatic amines is 1. The maximum absolute atomic E-state index is 6.18. The van der Waals surface area contributed by atoms with Gasteiger partial charge in [-0.3, -0.25) is 0 Å². The van der Waals surface area contributed by atoms with E-state index in [4.69, 9.17) is 21.9 Å². The summed E-state index contributed by atoms with van der Waals surface area (Å²) in [6, 6.07) is 0. The van der Waals surface area contributed by atoms with Gasteiger partial charge in [0, 0.05) is 17.9 Å². The van der Waals surface area contributed by atoms with Crippen molar-refractivity contribution in [3.63, 3.8) is 0 Å². The molecule has 20 heavy (non-hydrogen) atoms. The number of nitrogens with zero attached hydrogens (tertiary/aromatic N) is 1. The molecule has 1 N–H and O–H groups in total. The Morgan fingerprint density at radius 3 is 2.35 bits per heavy atom. The van der Waals surface area contributed by atoms with Crippen LogP contribution in [0.2, 0.25) is 0 Å². The van der Waals surface area contributed by atoms with E-state index >= 15 is 0 Å². The molecule has 4 heteroatoms. The van der Waals surface area contributed by atoms with Gasteiger partial charge in [-0.1, -0.05) is 44.8 Å². The summed E-state index contributed by atoms with van der Waals surface area (Å²) in [7, 11) is 0. The molecule has 1 aromatic rings. The maximum Gasteiger partial charge on any atom is 0.140 e. The van der Waals surface area contributed by atoms with Gasteiger partial charge in [0.15, 0.2) is 0 Å². The first-order valence-corrected chi connectivity index (χ1v) is 8.28. The molecule has 0 atom stereocenters. The molecular formula is C16H26N2OS. The van der Waals surface area contributed by atoms with Gasteiger partial charge in [-0.15, -0.1) is 0 Å². The molecule has 0 unspecified atom stereocenters. The van der Waals surface area contributed by atoms with Crippen LogP contribution in [-0.4, -0.2) is 16.6 Å². The van der Waals surface area contributed by atoms with E-state index in [-0.39, 0.29) is 5.60 Å². The zero-order chi connectivity index (χ0) is 14.6. The van der Waals surface area contributed by atoms with Gasteiger partial charge >= 0.3 is 0 Å². The first-order valence-electron chi connectivity index (χ1n) is 7.87. The van der Waals surface area contributed by atoms with Crippen LogP contribution in [-0.2, 0) is 16.8 Å². The Kier molecular flexibility index (Phi) is 5.33. The molecule has 0 amide bonds. The summed E-state index contributed by atoms with van der Waals surface area (Å²) >= 11 is 5.48. The quantitative estimate of drug-likeness (QED) is 0.651. The lowest BCUT2D eigenvalue weighted by atomic mass is 9.92. The van der Waals surface area contributed by atoms with Gasteiger partial charge in [0.2, 0.25) is 0 Å². The number of rotatable bonds is 4. The van der Waals surface area contributed by atoms with Crippen molar-refractivity contribution in [3.8, 4) is 0 Å². The van der Waals surface area contributed by atoms with Gasteiger partial charge < -0.3 is 9.72 Å². The van der Waals surface area contributed by atoms with Crippen molar-refractivity contribution in [2.24, 2.45) is 0 Å². The van der Waals surface area contributed by atoms with Gasteiger partial charge in [-0.25, -0.2) is 4.98 Å². The molecule has 0 saturated heterocycles. The fourth-order valence-corrected chi connectivity index (χ4v) is 3.66. The van der Waals surface area contributed by atoms with Crippen molar-refractivity contribution >= 4 is 12.2 Å². The normalized spacial score (nSPS) is 18.8. The van der Waals surface area contributed by atoms with E-state index < -0.39 is 0 Å². The highest BCUT2D eigenvalue weighted by Gasteiger charge is 2.36. The van der Waals surface area contributed by atoms with E-state index in [0.717, 1.165) is 47.6 Å². The lowest BCUT2D eigenvalue weighted by Crippen LogP contribution is -2.32. The van der Waals surface area contributed by atoms with Crippen molar-refractivity contribution in [2.75, 3.05) is 6.61 Å². The molecule has 1 saturated carbocycles. The predicted molar refractivity (Wildman–Crippen MR) is 84.5 cm³/mol. The monoisotopic (exact) mass is 294 g/mol. The number of hydrogen-bond donors (Lipinski definition) is 1. The molecule has 0 bridgehead atoms. The van der Waals surface area contributed by atoms with E-state index in [1.54, 1.807) is 0 Å². The van der Waals surface area contributed by atoms with Crippen LogP contribution in [0.3, 0.4) is 0 Å². The SMILES string of the molecule is CCOC1(c2nc(=S)c(CC)c(C)[nH]2)CCCCCC1. The average Bonchev–Trinajstić information content (AvgIpc) is 2.65. The molecule has 1 heterocycles. The summed E-state index contributed by atoms with van der Waals surface area (Å²) < 4.78 is 6.92. The van der Waals surface area contributed by atoms with E-state index in [0.29, 0.717) is 0 Å². The fraction of sp³-hybridized carbons (Fsp3) is 0.750. The van der Waals surface area contributed by atoms with Crippen LogP contribution < -0.4 is 0 Å². The van der Waals surface area contributed by atoms with Crippen LogP contribution in [0, 0.1) is 11.6 Å². The molecule has 0 aromatic carbocycles. The standard InChI is InChI=1S/C16H26N2OS/c1-4-13-12(3)17-15(18-14(13)20)16(19-5-2)10-8-6-7-9-11-16/h4-11H2,1-3H3,(H,17,18,20). The highest BCUT2D eigenvalue weighted by molar-refractivity contribution is 7.71. The van der Waals surface area contributed by atoms with E-state index in [1.165, 1.54) is 25.7 Å². The largest absolute Gasteiger partial charge is 0.367 e. The zero-order valence-corrected chi connectivity index (χ0v) is 13.7. The van der Waals surface area contributed by atoms with Gasteiger partial charge in [0.05, 0.1) is 0 Å². The minimum absolute atomic E-state index is 0.254. The van der Waals surface area contributed by atoms with Crippen LogP contribution >= 0.6 is 12.2 Å². The Morgan fingerprint density at radius 1 is 1.20 bits per heavy atom. The van der Waals surface area contributed by atoms with Crippen LogP contribution in [0.25, 0.3) is 0 Å². The molecule has 1 aromatic heterocycles. The summed E-state index contributed by atoms with van der Waals surface area (Å²) in [5.41, 5.74) is 2.05. The minimum atomic E-state index is -0.254. The van der Waals surface area contributed by atoms with Crippen molar-refractivity contribution < 1.29 is 4.74 Å². The number of hydrogen-bond acceptors (Lipinski definition) is 3. The minimum Gasteiger partial charge on any atom is -0.367 e. The molecule has 0 radical (unpaired) electrons. The van der Waals surface area contributed by atoms with Crippen LogP contribution in [0.15, 0.2) is 0 Å². The number of aryl methyl sites for hydroxylation is 1. The predicted octanol–water partition coefficient (Wildman–Crippen LogP) is 4.60. The third-order valence-electron chi connectivity index (χ3n) is 4.35. The van der Waals surface area contributed by atoms with E-state index in [9.17, 15) is 0 Å². The van der Waals surface area contributed by atoms with E-state index in [1.807, 2.05) is 0 Å². The Morgan fingerprint density at radius 2 is 1.85 bits per heavy atom. The lowest BCUT2D eigenvalue weighted by molar-refractivity contribution is -0.0626.